The molecule has 0 amide bonds. The van der Waals surface area contributed by atoms with Gasteiger partial charge in [0.15, 0.2) is 5.82 Å². The largest absolute Gasteiger partial charge is 0.330 e. The van der Waals surface area contributed by atoms with Gasteiger partial charge in [0.1, 0.15) is 0 Å². The molecule has 5 nitrogen and oxygen atoms in total. The Kier molecular flexibility index (Phi) is 3.17. The minimum atomic E-state index is 0.514. The van der Waals surface area contributed by atoms with Crippen LogP contribution in [0.15, 0.2) is 18.2 Å². The highest BCUT2D eigenvalue weighted by atomic mass is 35.5. The van der Waals surface area contributed by atoms with Gasteiger partial charge >= 0.3 is 0 Å². The molecule has 84 valence electrons. The summed E-state index contributed by atoms with van der Waals surface area (Å²) in [6.45, 7) is 2.45. The number of hydrogen-bond acceptors (Lipinski definition) is 4. The van der Waals surface area contributed by atoms with Gasteiger partial charge in [0, 0.05) is 11.4 Å². The zero-order valence-corrected chi connectivity index (χ0v) is 9.65. The van der Waals surface area contributed by atoms with Crippen molar-refractivity contribution in [1.29, 1.82) is 0 Å². The monoisotopic (exact) mass is 237 g/mol. The quantitative estimate of drug-likeness (QED) is 0.869. The fraction of sp³-hybridized carbons (Fsp3) is 0.300. The van der Waals surface area contributed by atoms with Gasteiger partial charge in [0.25, 0.3) is 0 Å². The molecular weight excluding hydrogens is 226 g/mol. The Morgan fingerprint density at radius 1 is 1.44 bits per heavy atom. The molecule has 16 heavy (non-hydrogen) atoms. The molecule has 0 unspecified atom stereocenters. The van der Waals surface area contributed by atoms with Crippen LogP contribution in [-0.4, -0.2) is 26.8 Å². The summed E-state index contributed by atoms with van der Waals surface area (Å²) in [4.78, 5) is 0. The third-order valence-electron chi connectivity index (χ3n) is 2.37. The van der Waals surface area contributed by atoms with E-state index in [2.05, 4.69) is 15.5 Å². The molecule has 2 rings (SSSR count). The molecule has 2 aromatic rings. The highest BCUT2D eigenvalue weighted by Gasteiger charge is 2.10. The molecule has 0 saturated carbocycles. The Labute approximate surface area is 98.2 Å². The molecule has 0 spiro atoms. The van der Waals surface area contributed by atoms with E-state index in [-0.39, 0.29) is 0 Å². The molecule has 0 aliphatic rings. The minimum absolute atomic E-state index is 0.514. The average molecular weight is 238 g/mol. The van der Waals surface area contributed by atoms with Crippen molar-refractivity contribution >= 4 is 11.6 Å². The molecule has 0 aliphatic heterocycles. The smallest absolute Gasteiger partial charge is 0.157 e. The first-order valence-corrected chi connectivity index (χ1v) is 5.34. The summed E-state index contributed by atoms with van der Waals surface area (Å²) in [5.41, 5.74) is 7.34. The molecule has 1 aromatic carbocycles. The zero-order valence-electron chi connectivity index (χ0n) is 8.89. The maximum absolute atomic E-state index is 6.05. The summed E-state index contributed by atoms with van der Waals surface area (Å²) >= 11 is 6.05. The SMILES string of the molecule is Cc1c(Cl)cccc1-n1nnnc1CCN. The highest BCUT2D eigenvalue weighted by molar-refractivity contribution is 6.31. The molecule has 2 N–H and O–H groups in total. The Hall–Kier alpha value is -1.46. The van der Waals surface area contributed by atoms with Crippen LogP contribution in [0.4, 0.5) is 0 Å². The van der Waals surface area contributed by atoms with E-state index in [9.17, 15) is 0 Å². The summed E-state index contributed by atoms with van der Waals surface area (Å²) in [5, 5.41) is 12.2. The molecule has 0 fully saturated rings. The van der Waals surface area contributed by atoms with Crippen LogP contribution in [0.1, 0.15) is 11.4 Å². The fourth-order valence-electron chi connectivity index (χ4n) is 1.50. The number of nitrogens with two attached hydrogens (primary N) is 1. The molecule has 0 aliphatic carbocycles. The average Bonchev–Trinajstić information content (AvgIpc) is 2.71. The summed E-state index contributed by atoms with van der Waals surface area (Å²) < 4.78 is 1.67. The molecule has 0 bridgehead atoms. The maximum Gasteiger partial charge on any atom is 0.157 e. The van der Waals surface area contributed by atoms with E-state index in [0.29, 0.717) is 18.0 Å². The van der Waals surface area contributed by atoms with Crippen LogP contribution in [0.2, 0.25) is 5.02 Å². The third-order valence-corrected chi connectivity index (χ3v) is 2.78. The van der Waals surface area contributed by atoms with Gasteiger partial charge in [-0.2, -0.15) is 4.68 Å². The molecule has 6 heteroatoms. The van der Waals surface area contributed by atoms with Crippen LogP contribution in [0.3, 0.4) is 0 Å². The topological polar surface area (TPSA) is 69.6 Å². The molecule has 0 saturated heterocycles. The number of rotatable bonds is 3. The van der Waals surface area contributed by atoms with Gasteiger partial charge in [-0.1, -0.05) is 17.7 Å². The highest BCUT2D eigenvalue weighted by Crippen LogP contribution is 2.21. The first-order valence-electron chi connectivity index (χ1n) is 4.97. The van der Waals surface area contributed by atoms with Crippen LogP contribution in [-0.2, 0) is 6.42 Å². The van der Waals surface area contributed by atoms with E-state index >= 15 is 0 Å². The Balaban J connectivity index is 2.50. The van der Waals surface area contributed by atoms with Crippen molar-refractivity contribution in [2.24, 2.45) is 5.73 Å². The van der Waals surface area contributed by atoms with Crippen LogP contribution in [0.25, 0.3) is 5.69 Å². The van der Waals surface area contributed by atoms with Crippen LogP contribution >= 0.6 is 11.6 Å². The number of benzene rings is 1. The predicted molar refractivity (Wildman–Crippen MR) is 61.7 cm³/mol. The third kappa shape index (κ3) is 1.91. The van der Waals surface area contributed by atoms with Crippen molar-refractivity contribution in [3.8, 4) is 5.69 Å². The summed E-state index contributed by atoms with van der Waals surface area (Å²) in [5.74, 6) is 0.743. The maximum atomic E-state index is 6.05. The molecular formula is C10H12ClN5. The molecule has 0 atom stereocenters. The van der Waals surface area contributed by atoms with Crippen LogP contribution in [0.5, 0.6) is 0 Å². The van der Waals surface area contributed by atoms with Gasteiger partial charge in [0.05, 0.1) is 5.69 Å². The zero-order chi connectivity index (χ0) is 11.5. The second-order valence-corrected chi connectivity index (χ2v) is 3.84. The standard InChI is InChI=1S/C10H12ClN5/c1-7-8(11)3-2-4-9(7)16-10(5-6-12)13-14-15-16/h2-4H,5-6,12H2,1H3. The second-order valence-electron chi connectivity index (χ2n) is 3.43. The number of tetrazole rings is 1. The van der Waals surface area contributed by atoms with Gasteiger partial charge in [-0.3, -0.25) is 0 Å². The van der Waals surface area contributed by atoms with Crippen molar-refractivity contribution in [2.75, 3.05) is 6.54 Å². The number of hydrogen-bond donors (Lipinski definition) is 1. The number of aromatic nitrogens is 4. The van der Waals surface area contributed by atoms with Gasteiger partial charge < -0.3 is 5.73 Å². The summed E-state index contributed by atoms with van der Waals surface area (Å²) in [6, 6.07) is 5.64. The summed E-state index contributed by atoms with van der Waals surface area (Å²) in [7, 11) is 0. The van der Waals surface area contributed by atoms with Crippen LogP contribution in [0, 0.1) is 6.92 Å². The van der Waals surface area contributed by atoms with Crippen molar-refractivity contribution in [3.05, 3.63) is 34.6 Å². The first-order chi connectivity index (χ1) is 7.74. The Morgan fingerprint density at radius 3 is 3.00 bits per heavy atom. The molecule has 0 radical (unpaired) electrons. The van der Waals surface area contributed by atoms with Gasteiger partial charge in [-0.25, -0.2) is 0 Å². The van der Waals surface area contributed by atoms with Crippen molar-refractivity contribution in [2.45, 2.75) is 13.3 Å². The lowest BCUT2D eigenvalue weighted by Gasteiger charge is -2.08. The van der Waals surface area contributed by atoms with Gasteiger partial charge in [-0.05, 0) is 41.6 Å². The van der Waals surface area contributed by atoms with E-state index in [0.717, 1.165) is 17.1 Å². The molecule has 1 heterocycles. The van der Waals surface area contributed by atoms with E-state index in [1.165, 1.54) is 0 Å². The van der Waals surface area contributed by atoms with Crippen molar-refractivity contribution in [3.63, 3.8) is 0 Å². The Morgan fingerprint density at radius 2 is 2.25 bits per heavy atom. The summed E-state index contributed by atoms with van der Waals surface area (Å²) in [6.07, 6.45) is 0.638. The number of halogens is 1. The van der Waals surface area contributed by atoms with E-state index < -0.39 is 0 Å². The second kappa shape index (κ2) is 4.59. The Bertz CT molecular complexity index is 494. The normalized spacial score (nSPS) is 10.7. The lowest BCUT2D eigenvalue weighted by atomic mass is 10.2. The lowest BCUT2D eigenvalue weighted by Crippen LogP contribution is -2.10. The predicted octanol–water partition coefficient (Wildman–Crippen LogP) is 1.13. The van der Waals surface area contributed by atoms with E-state index in [4.69, 9.17) is 17.3 Å². The molecule has 1 aromatic heterocycles. The van der Waals surface area contributed by atoms with E-state index in [1.807, 2.05) is 25.1 Å². The minimum Gasteiger partial charge on any atom is -0.330 e. The number of nitrogens with zero attached hydrogens (tertiary/aromatic N) is 4. The first kappa shape index (κ1) is 11.0. The van der Waals surface area contributed by atoms with Crippen LogP contribution < -0.4 is 5.73 Å². The van der Waals surface area contributed by atoms with Crippen molar-refractivity contribution in [1.82, 2.24) is 20.2 Å². The van der Waals surface area contributed by atoms with Gasteiger partial charge in [0.2, 0.25) is 0 Å². The van der Waals surface area contributed by atoms with E-state index in [1.54, 1.807) is 4.68 Å². The lowest BCUT2D eigenvalue weighted by molar-refractivity contribution is 0.751. The van der Waals surface area contributed by atoms with Gasteiger partial charge in [-0.15, -0.1) is 5.10 Å². The fourth-order valence-corrected chi connectivity index (χ4v) is 1.67. The van der Waals surface area contributed by atoms with Crippen molar-refractivity contribution < 1.29 is 0 Å².